The first kappa shape index (κ1) is 21.1. The van der Waals surface area contributed by atoms with E-state index < -0.39 is 5.91 Å². The fourth-order valence-corrected chi connectivity index (χ4v) is 2.58. The summed E-state index contributed by atoms with van der Waals surface area (Å²) in [5.74, 6) is 1.44. The molecule has 0 radical (unpaired) electrons. The number of hydrogen-bond donors (Lipinski definition) is 1. The van der Waals surface area contributed by atoms with E-state index >= 15 is 0 Å². The van der Waals surface area contributed by atoms with Gasteiger partial charge in [0, 0.05) is 5.56 Å². The van der Waals surface area contributed by atoms with Crippen LogP contribution in [-0.2, 0) is 0 Å². The molecule has 2 rings (SSSR count). The summed E-state index contributed by atoms with van der Waals surface area (Å²) in [5.41, 5.74) is 3.45. The average Bonchev–Trinajstić information content (AvgIpc) is 2.71. The molecule has 0 heterocycles. The first-order valence-corrected chi connectivity index (χ1v) is 8.58. The molecule has 0 bridgehead atoms. The van der Waals surface area contributed by atoms with Crippen molar-refractivity contribution in [3.8, 4) is 23.0 Å². The third kappa shape index (κ3) is 5.17. The number of carbonyl (C=O) groups is 1. The van der Waals surface area contributed by atoms with Crippen LogP contribution in [0.25, 0.3) is 0 Å². The molecule has 0 aliphatic carbocycles. The second-order valence-electron chi connectivity index (χ2n) is 5.40. The normalized spacial score (nSPS) is 10.4. The van der Waals surface area contributed by atoms with Crippen LogP contribution in [-0.4, -0.2) is 40.1 Å². The highest BCUT2D eigenvalue weighted by molar-refractivity contribution is 6.32. The standard InChI is InChI=1S/C20H21ClN2O5/c1-5-8-28-19-15(21)9-13(10-18(19)27-4)12-22-23-20(24)14-6-7-16(25-2)17(11-14)26-3/h5-7,9-12H,1,8H2,2-4H3,(H,23,24)/b22-12+. The van der Waals surface area contributed by atoms with E-state index in [1.54, 1.807) is 36.4 Å². The van der Waals surface area contributed by atoms with Crippen LogP contribution in [0.5, 0.6) is 23.0 Å². The highest BCUT2D eigenvalue weighted by Crippen LogP contribution is 2.36. The quantitative estimate of drug-likeness (QED) is 0.391. The zero-order chi connectivity index (χ0) is 20.5. The van der Waals surface area contributed by atoms with E-state index in [0.717, 1.165) is 0 Å². The molecule has 1 N–H and O–H groups in total. The first-order chi connectivity index (χ1) is 13.5. The van der Waals surface area contributed by atoms with Gasteiger partial charge in [0.25, 0.3) is 5.91 Å². The summed E-state index contributed by atoms with van der Waals surface area (Å²) in [5, 5.41) is 4.31. The van der Waals surface area contributed by atoms with Crippen molar-refractivity contribution in [3.05, 3.63) is 59.1 Å². The number of hydrazone groups is 1. The highest BCUT2D eigenvalue weighted by atomic mass is 35.5. The Morgan fingerprint density at radius 1 is 1.11 bits per heavy atom. The Bertz CT molecular complexity index is 883. The molecule has 148 valence electrons. The number of nitrogens with one attached hydrogen (secondary N) is 1. The molecule has 0 saturated carbocycles. The fourth-order valence-electron chi connectivity index (χ4n) is 2.30. The maximum atomic E-state index is 12.3. The van der Waals surface area contributed by atoms with Crippen molar-refractivity contribution < 1.29 is 23.7 Å². The van der Waals surface area contributed by atoms with Crippen molar-refractivity contribution >= 4 is 23.7 Å². The van der Waals surface area contributed by atoms with Crippen molar-refractivity contribution in [2.75, 3.05) is 27.9 Å². The van der Waals surface area contributed by atoms with Crippen LogP contribution in [0.3, 0.4) is 0 Å². The van der Waals surface area contributed by atoms with Gasteiger partial charge >= 0.3 is 0 Å². The SMILES string of the molecule is C=CCOc1c(Cl)cc(/C=N/NC(=O)c2ccc(OC)c(OC)c2)cc1OC. The van der Waals surface area contributed by atoms with Gasteiger partial charge in [-0.2, -0.15) is 5.10 Å². The van der Waals surface area contributed by atoms with Gasteiger partial charge in [-0.3, -0.25) is 4.79 Å². The Kier molecular flexibility index (Phi) is 7.71. The molecule has 1 amide bonds. The number of halogens is 1. The van der Waals surface area contributed by atoms with Crippen LogP contribution < -0.4 is 24.4 Å². The highest BCUT2D eigenvalue weighted by Gasteiger charge is 2.12. The number of carbonyl (C=O) groups excluding carboxylic acids is 1. The lowest BCUT2D eigenvalue weighted by molar-refractivity contribution is 0.0954. The van der Waals surface area contributed by atoms with E-state index in [-0.39, 0.29) is 0 Å². The van der Waals surface area contributed by atoms with Crippen molar-refractivity contribution in [2.24, 2.45) is 5.10 Å². The third-order valence-corrected chi connectivity index (χ3v) is 3.90. The number of methoxy groups -OCH3 is 3. The lowest BCUT2D eigenvalue weighted by atomic mass is 10.2. The minimum Gasteiger partial charge on any atom is -0.493 e. The molecule has 0 aliphatic rings. The molecule has 28 heavy (non-hydrogen) atoms. The molecule has 0 fully saturated rings. The molecule has 2 aromatic rings. The molecule has 0 aromatic heterocycles. The Balaban J connectivity index is 2.12. The molecule has 0 atom stereocenters. The van der Waals surface area contributed by atoms with Crippen LogP contribution >= 0.6 is 11.6 Å². The van der Waals surface area contributed by atoms with Crippen LogP contribution in [0.1, 0.15) is 15.9 Å². The maximum Gasteiger partial charge on any atom is 0.271 e. The molecule has 0 unspecified atom stereocenters. The molecule has 7 nitrogen and oxygen atoms in total. The van der Waals surface area contributed by atoms with Gasteiger partial charge < -0.3 is 18.9 Å². The summed E-state index contributed by atoms with van der Waals surface area (Å²) in [4.78, 5) is 12.3. The number of ether oxygens (including phenoxy) is 4. The largest absolute Gasteiger partial charge is 0.493 e. The van der Waals surface area contributed by atoms with Gasteiger partial charge in [0.1, 0.15) is 6.61 Å². The topological polar surface area (TPSA) is 78.4 Å². The van der Waals surface area contributed by atoms with E-state index in [1.165, 1.54) is 27.5 Å². The van der Waals surface area contributed by atoms with E-state index in [4.69, 9.17) is 30.5 Å². The van der Waals surface area contributed by atoms with Crippen molar-refractivity contribution in [2.45, 2.75) is 0 Å². The van der Waals surface area contributed by atoms with Crippen LogP contribution in [0, 0.1) is 0 Å². The second-order valence-corrected chi connectivity index (χ2v) is 5.81. The number of benzene rings is 2. The Morgan fingerprint density at radius 2 is 1.82 bits per heavy atom. The lowest BCUT2D eigenvalue weighted by Crippen LogP contribution is -2.17. The summed E-state index contributed by atoms with van der Waals surface area (Å²) >= 11 is 6.23. The average molecular weight is 405 g/mol. The van der Waals surface area contributed by atoms with Crippen LogP contribution in [0.15, 0.2) is 48.1 Å². The Hall–Kier alpha value is -3.19. The van der Waals surface area contributed by atoms with Gasteiger partial charge in [-0.15, -0.1) is 0 Å². The Labute approximate surface area is 168 Å². The molecular weight excluding hydrogens is 384 g/mol. The zero-order valence-corrected chi connectivity index (χ0v) is 16.6. The molecule has 2 aromatic carbocycles. The van der Waals surface area contributed by atoms with Gasteiger partial charge in [-0.05, 0) is 35.9 Å². The van der Waals surface area contributed by atoms with Crippen molar-refractivity contribution in [3.63, 3.8) is 0 Å². The number of hydrogen-bond acceptors (Lipinski definition) is 6. The summed E-state index contributed by atoms with van der Waals surface area (Å²) in [7, 11) is 4.53. The van der Waals surface area contributed by atoms with Gasteiger partial charge in [-0.25, -0.2) is 5.43 Å². The monoisotopic (exact) mass is 404 g/mol. The molecule has 0 saturated heterocycles. The predicted octanol–water partition coefficient (Wildman–Crippen LogP) is 3.69. The van der Waals surface area contributed by atoms with E-state index in [2.05, 4.69) is 17.1 Å². The van der Waals surface area contributed by atoms with Gasteiger partial charge in [0.2, 0.25) is 0 Å². The van der Waals surface area contributed by atoms with Crippen LogP contribution in [0.4, 0.5) is 0 Å². The molecule has 8 heteroatoms. The predicted molar refractivity (Wildman–Crippen MR) is 108 cm³/mol. The van der Waals surface area contributed by atoms with Crippen molar-refractivity contribution in [1.29, 1.82) is 0 Å². The summed E-state index contributed by atoms with van der Waals surface area (Å²) in [6.07, 6.45) is 3.05. The molecule has 0 aliphatic heterocycles. The van der Waals surface area contributed by atoms with Crippen molar-refractivity contribution in [1.82, 2.24) is 5.43 Å². The second kappa shape index (κ2) is 10.2. The van der Waals surface area contributed by atoms with E-state index in [0.29, 0.717) is 45.8 Å². The summed E-state index contributed by atoms with van der Waals surface area (Å²) < 4.78 is 21.1. The van der Waals surface area contributed by atoms with Gasteiger partial charge in [0.05, 0.1) is 32.6 Å². The minimum atomic E-state index is -0.402. The lowest BCUT2D eigenvalue weighted by Gasteiger charge is -2.12. The Morgan fingerprint density at radius 3 is 2.46 bits per heavy atom. The number of nitrogens with zero attached hydrogens (tertiary/aromatic N) is 1. The number of amides is 1. The van der Waals surface area contributed by atoms with E-state index in [9.17, 15) is 4.79 Å². The first-order valence-electron chi connectivity index (χ1n) is 8.20. The number of rotatable bonds is 9. The summed E-state index contributed by atoms with van der Waals surface area (Å²) in [6.45, 7) is 3.89. The van der Waals surface area contributed by atoms with E-state index in [1.807, 2.05) is 0 Å². The third-order valence-electron chi connectivity index (χ3n) is 3.62. The van der Waals surface area contributed by atoms with Gasteiger partial charge in [0.15, 0.2) is 23.0 Å². The van der Waals surface area contributed by atoms with Gasteiger partial charge in [-0.1, -0.05) is 24.3 Å². The van der Waals surface area contributed by atoms with Crippen LogP contribution in [0.2, 0.25) is 5.02 Å². The maximum absolute atomic E-state index is 12.3. The molecular formula is C20H21ClN2O5. The summed E-state index contributed by atoms with van der Waals surface area (Å²) in [6, 6.07) is 8.15. The zero-order valence-electron chi connectivity index (χ0n) is 15.8. The molecule has 0 spiro atoms. The smallest absolute Gasteiger partial charge is 0.271 e. The minimum absolute atomic E-state index is 0.297. The fraction of sp³-hybridized carbons (Fsp3) is 0.200.